The van der Waals surface area contributed by atoms with Crippen molar-refractivity contribution in [3.63, 3.8) is 0 Å². The number of phenols is 1. The van der Waals surface area contributed by atoms with Crippen molar-refractivity contribution in [2.75, 3.05) is 13.6 Å². The molecule has 0 aliphatic rings. The van der Waals surface area contributed by atoms with E-state index in [4.69, 9.17) is 11.1 Å². The van der Waals surface area contributed by atoms with Gasteiger partial charge in [0.25, 0.3) is 5.96 Å². The van der Waals surface area contributed by atoms with Crippen LogP contribution in [-0.2, 0) is 43.2 Å². The fraction of sp³-hybridized carbons (Fsp3) is 0.300. The summed E-state index contributed by atoms with van der Waals surface area (Å²) in [5, 5.41) is 43.5. The van der Waals surface area contributed by atoms with E-state index in [0.29, 0.717) is 16.1 Å². The Kier molecular flexibility index (Phi) is 15.4. The van der Waals surface area contributed by atoms with E-state index < -0.39 is 64.7 Å². The third-order valence-electron chi connectivity index (χ3n) is 9.09. The smallest absolute Gasteiger partial charge is 0.251 e. The van der Waals surface area contributed by atoms with Crippen molar-refractivity contribution in [1.29, 1.82) is 5.41 Å². The third-order valence-corrected chi connectivity index (χ3v) is 9.09. The van der Waals surface area contributed by atoms with Crippen LogP contribution in [0.3, 0.4) is 0 Å². The summed E-state index contributed by atoms with van der Waals surface area (Å²) in [6.45, 7) is 0.866. The number of hydrogen-bond acceptors (Lipinski definition) is 9. The average molecular weight is 782 g/mol. The maximum atomic E-state index is 14.2. The summed E-state index contributed by atoms with van der Waals surface area (Å²) in [7, 11) is 1.42. The van der Waals surface area contributed by atoms with Gasteiger partial charge in [-0.1, -0.05) is 89.9 Å². The third kappa shape index (κ3) is 13.0. The Morgan fingerprint density at radius 1 is 0.702 bits per heavy atom. The molecule has 4 aromatic carbocycles. The molecule has 5 amide bonds. The van der Waals surface area contributed by atoms with Crippen molar-refractivity contribution in [3.05, 3.63) is 124 Å². The molecule has 0 saturated heterocycles. The highest BCUT2D eigenvalue weighted by Crippen LogP contribution is 2.17. The topological polar surface area (TPSA) is 262 Å². The Morgan fingerprint density at radius 3 is 1.77 bits per heavy atom. The second-order valence-electron chi connectivity index (χ2n) is 13.4. The average Bonchev–Trinajstić information content (AvgIpc) is 3.18. The van der Waals surface area contributed by atoms with Crippen molar-refractivity contribution in [3.8, 4) is 5.75 Å². The van der Waals surface area contributed by atoms with Crippen LogP contribution < -0.4 is 32.3 Å². The van der Waals surface area contributed by atoms with E-state index in [1.54, 1.807) is 42.5 Å². The Bertz CT molecular complexity index is 2050. The fourth-order valence-electron chi connectivity index (χ4n) is 6.19. The molecule has 0 radical (unpaired) electrons. The standard InChI is InChI=1S/C40H47N9O8/c1-25(50)44-34(23-27-15-18-31(51)19-16-27)38(54)47-35(22-26-9-4-3-5-10-26)39(55)45-32(13-8-20-48(40(41)42)49(56)57)37(53)46-33(36(52)43-2)24-28-14-17-29-11-6-7-12-30(29)21-28/h3-7,9-12,14-19,21,32-35,51H,8,13,20,22-24H2,1-2H3,(H3,41,42)(H,43,52)(H,44,50)(H,45,55)(H,46,53)(H,47,54)/t32?,33?,34-,35+/m1/s1. The number of carbonyl (C=O) groups is 5. The van der Waals surface area contributed by atoms with E-state index in [9.17, 15) is 39.2 Å². The number of amides is 5. The summed E-state index contributed by atoms with van der Waals surface area (Å²) in [6.07, 6.45) is -0.193. The largest absolute Gasteiger partial charge is 0.508 e. The van der Waals surface area contributed by atoms with E-state index in [0.717, 1.165) is 16.3 Å². The maximum absolute atomic E-state index is 14.2. The highest BCUT2D eigenvalue weighted by atomic mass is 16.7. The zero-order valence-electron chi connectivity index (χ0n) is 31.6. The van der Waals surface area contributed by atoms with Gasteiger partial charge in [-0.05, 0) is 52.4 Å². The SMILES string of the molecule is CNC(=O)C(Cc1ccc2ccccc2c1)NC(=O)C(CCCN(C(=N)N)[N+](=O)[O-])NC(=O)[C@H](Cc1ccccc1)NC(=O)[C@@H](Cc1ccc(O)cc1)NC(C)=O. The van der Waals surface area contributed by atoms with Crippen LogP contribution in [0.4, 0.5) is 0 Å². The highest BCUT2D eigenvalue weighted by molar-refractivity contribution is 5.96. The predicted molar refractivity (Wildman–Crippen MR) is 212 cm³/mol. The summed E-state index contributed by atoms with van der Waals surface area (Å²) in [6, 6.07) is 23.2. The summed E-state index contributed by atoms with van der Waals surface area (Å²) in [4.78, 5) is 78.7. The monoisotopic (exact) mass is 781 g/mol. The van der Waals surface area contributed by atoms with Gasteiger partial charge in [-0.3, -0.25) is 29.4 Å². The van der Waals surface area contributed by atoms with Gasteiger partial charge in [-0.15, -0.1) is 0 Å². The van der Waals surface area contributed by atoms with Gasteiger partial charge in [-0.25, -0.2) is 10.1 Å². The van der Waals surface area contributed by atoms with Crippen LogP contribution in [0.1, 0.15) is 36.5 Å². The minimum absolute atomic E-state index is 0.0141. The second-order valence-corrected chi connectivity index (χ2v) is 13.4. The maximum Gasteiger partial charge on any atom is 0.251 e. The lowest BCUT2D eigenvalue weighted by Crippen LogP contribution is -2.59. The van der Waals surface area contributed by atoms with Crippen molar-refractivity contribution in [2.45, 2.75) is 63.2 Å². The molecule has 4 atom stereocenters. The van der Waals surface area contributed by atoms with Crippen LogP contribution in [0.2, 0.25) is 0 Å². The van der Waals surface area contributed by atoms with Gasteiger partial charge < -0.3 is 37.4 Å². The van der Waals surface area contributed by atoms with Crippen molar-refractivity contribution >= 4 is 46.3 Å². The molecule has 57 heavy (non-hydrogen) atoms. The Labute approximate surface area is 329 Å². The van der Waals surface area contributed by atoms with E-state index in [2.05, 4.69) is 26.6 Å². The zero-order chi connectivity index (χ0) is 41.5. The van der Waals surface area contributed by atoms with Crippen LogP contribution in [0.25, 0.3) is 10.8 Å². The Morgan fingerprint density at radius 2 is 1.19 bits per heavy atom. The van der Waals surface area contributed by atoms with Gasteiger partial charge in [0.1, 0.15) is 29.9 Å². The van der Waals surface area contributed by atoms with E-state index >= 15 is 0 Å². The first-order chi connectivity index (χ1) is 27.2. The lowest BCUT2D eigenvalue weighted by molar-refractivity contribution is -0.629. The van der Waals surface area contributed by atoms with Crippen LogP contribution in [0, 0.1) is 15.5 Å². The number of carbonyl (C=O) groups excluding carboxylic acids is 5. The lowest BCUT2D eigenvalue weighted by atomic mass is 10.00. The molecule has 4 rings (SSSR count). The molecule has 2 unspecified atom stereocenters. The van der Waals surface area contributed by atoms with Crippen LogP contribution >= 0.6 is 0 Å². The van der Waals surface area contributed by atoms with Gasteiger partial charge in [0.15, 0.2) is 5.03 Å². The molecule has 17 nitrogen and oxygen atoms in total. The van der Waals surface area contributed by atoms with Gasteiger partial charge in [0.2, 0.25) is 29.5 Å². The Balaban J connectivity index is 1.61. The minimum Gasteiger partial charge on any atom is -0.508 e. The van der Waals surface area contributed by atoms with E-state index in [1.165, 1.54) is 26.1 Å². The molecule has 300 valence electrons. The number of rotatable bonds is 19. The zero-order valence-corrected chi connectivity index (χ0v) is 31.6. The molecule has 4 aromatic rings. The van der Waals surface area contributed by atoms with E-state index in [-0.39, 0.29) is 44.4 Å². The molecule has 0 aliphatic carbocycles. The van der Waals surface area contributed by atoms with Gasteiger partial charge in [0.05, 0.1) is 6.54 Å². The van der Waals surface area contributed by atoms with E-state index in [1.807, 2.05) is 42.5 Å². The quantitative estimate of drug-likeness (QED) is 0.0294. The number of phenolic OH excluding ortho intramolecular Hbond substituents is 1. The number of nitrogens with zero attached hydrogens (tertiary/aromatic N) is 2. The minimum atomic E-state index is -1.37. The molecule has 0 bridgehead atoms. The summed E-state index contributed by atoms with van der Waals surface area (Å²) in [5.41, 5.74) is 7.41. The van der Waals surface area contributed by atoms with Crippen LogP contribution in [0.15, 0.2) is 97.1 Å². The number of benzene rings is 4. The fourth-order valence-corrected chi connectivity index (χ4v) is 6.19. The van der Waals surface area contributed by atoms with Crippen LogP contribution in [-0.4, -0.2) is 88.4 Å². The van der Waals surface area contributed by atoms with Gasteiger partial charge in [-0.2, -0.15) is 0 Å². The van der Waals surface area contributed by atoms with Gasteiger partial charge >= 0.3 is 0 Å². The first-order valence-electron chi connectivity index (χ1n) is 18.2. The first kappa shape index (κ1) is 42.7. The molecule has 17 heteroatoms. The number of nitro groups is 1. The molecular weight excluding hydrogens is 734 g/mol. The molecule has 0 spiro atoms. The number of likely N-dealkylation sites (N-methyl/N-ethyl adjacent to an activating group) is 1. The van der Waals surface area contributed by atoms with Crippen molar-refractivity contribution in [2.24, 2.45) is 5.73 Å². The number of nitrogens with two attached hydrogens (primary N) is 1. The second kappa shape index (κ2) is 20.6. The van der Waals surface area contributed by atoms with Crippen LogP contribution in [0.5, 0.6) is 5.75 Å². The number of nitrogens with one attached hydrogen (secondary N) is 6. The molecule has 0 heterocycles. The number of hydrogen-bond donors (Lipinski definition) is 8. The molecular formula is C40H47N9O8. The molecule has 9 N–H and O–H groups in total. The molecule has 0 saturated carbocycles. The van der Waals surface area contributed by atoms with Crippen molar-refractivity contribution < 1.29 is 34.1 Å². The van der Waals surface area contributed by atoms with Crippen molar-refractivity contribution in [1.82, 2.24) is 31.6 Å². The summed E-state index contributed by atoms with van der Waals surface area (Å²) in [5.74, 6) is -4.09. The molecule has 0 aliphatic heterocycles. The first-order valence-corrected chi connectivity index (χ1v) is 18.2. The highest BCUT2D eigenvalue weighted by Gasteiger charge is 2.32. The predicted octanol–water partition coefficient (Wildman–Crippen LogP) is 1.45. The Hall–Kier alpha value is -7.04. The summed E-state index contributed by atoms with van der Waals surface area (Å²) < 4.78 is 0. The molecule has 0 aromatic heterocycles. The number of fused-ring (bicyclic) bond motifs is 1. The number of hydrazine groups is 1. The number of guanidine groups is 1. The molecule has 0 fully saturated rings. The normalized spacial score (nSPS) is 12.9. The lowest BCUT2D eigenvalue weighted by Gasteiger charge is -2.27. The van der Waals surface area contributed by atoms with Gasteiger partial charge in [0, 0.05) is 33.2 Å². The summed E-state index contributed by atoms with van der Waals surface area (Å²) >= 11 is 0. The number of aromatic hydroxyl groups is 1.